The highest BCUT2D eigenvalue weighted by atomic mass is 16.5. The molecule has 6 nitrogen and oxygen atoms in total. The SMILES string of the molecule is COc1ccccc1C(=O)N1CC2CC1C(=O)N(CC1CC1)c1ccccc1O2. The number of nitrogens with zero attached hydrogens (tertiary/aromatic N) is 2. The van der Waals surface area contributed by atoms with Crippen LogP contribution in [0.25, 0.3) is 0 Å². The normalized spacial score (nSPS) is 23.1. The highest BCUT2D eigenvalue weighted by Crippen LogP contribution is 2.40. The van der Waals surface area contributed by atoms with Gasteiger partial charge in [-0.3, -0.25) is 9.59 Å². The molecule has 150 valence electrons. The standard InChI is InChI=1S/C23H24N2O4/c1-28-20-8-4-2-6-17(20)22(26)25-14-16-12-19(25)23(27)24(13-15-10-11-15)18-7-3-5-9-21(18)29-16/h2-9,15-16,19H,10-14H2,1H3. The van der Waals surface area contributed by atoms with E-state index in [9.17, 15) is 9.59 Å². The van der Waals surface area contributed by atoms with Crippen LogP contribution in [0.15, 0.2) is 48.5 Å². The van der Waals surface area contributed by atoms with Crippen molar-refractivity contribution in [3.63, 3.8) is 0 Å². The quantitative estimate of drug-likeness (QED) is 0.802. The van der Waals surface area contributed by atoms with Crippen molar-refractivity contribution in [2.45, 2.75) is 31.4 Å². The maximum atomic E-state index is 13.6. The lowest BCUT2D eigenvalue weighted by Crippen LogP contribution is -2.48. The molecule has 3 aliphatic rings. The third-order valence-corrected chi connectivity index (χ3v) is 6.00. The van der Waals surface area contributed by atoms with Crippen LogP contribution in [0.5, 0.6) is 11.5 Å². The van der Waals surface area contributed by atoms with Crippen LogP contribution in [0.4, 0.5) is 5.69 Å². The molecule has 1 saturated carbocycles. The molecule has 0 radical (unpaired) electrons. The van der Waals surface area contributed by atoms with Crippen LogP contribution in [0.1, 0.15) is 29.6 Å². The van der Waals surface area contributed by atoms with Gasteiger partial charge in [-0.25, -0.2) is 0 Å². The molecule has 2 aliphatic heterocycles. The molecule has 0 N–H and O–H groups in total. The first kappa shape index (κ1) is 18.0. The first-order valence-electron chi connectivity index (χ1n) is 10.2. The summed E-state index contributed by atoms with van der Waals surface area (Å²) in [5.41, 5.74) is 1.28. The first-order valence-corrected chi connectivity index (χ1v) is 10.2. The molecule has 6 heteroatoms. The van der Waals surface area contributed by atoms with Crippen molar-refractivity contribution in [1.29, 1.82) is 0 Å². The smallest absolute Gasteiger partial charge is 0.258 e. The minimum atomic E-state index is -0.524. The highest BCUT2D eigenvalue weighted by Gasteiger charge is 2.46. The Bertz CT molecular complexity index is 955. The van der Waals surface area contributed by atoms with Gasteiger partial charge in [0.05, 0.1) is 24.9 Å². The lowest BCUT2D eigenvalue weighted by Gasteiger charge is -2.32. The Hall–Kier alpha value is -3.02. The second-order valence-corrected chi connectivity index (χ2v) is 8.01. The molecule has 1 aliphatic carbocycles. The maximum absolute atomic E-state index is 13.6. The molecule has 2 heterocycles. The summed E-state index contributed by atoms with van der Waals surface area (Å²) >= 11 is 0. The molecule has 0 spiro atoms. The number of hydrogen-bond donors (Lipinski definition) is 0. The maximum Gasteiger partial charge on any atom is 0.258 e. The fraction of sp³-hybridized carbons (Fsp3) is 0.391. The average Bonchev–Trinajstić information content (AvgIpc) is 3.47. The summed E-state index contributed by atoms with van der Waals surface area (Å²) in [6.45, 7) is 1.07. The molecule has 29 heavy (non-hydrogen) atoms. The zero-order valence-electron chi connectivity index (χ0n) is 16.4. The third-order valence-electron chi connectivity index (χ3n) is 6.00. The number of methoxy groups -OCH3 is 1. The summed E-state index contributed by atoms with van der Waals surface area (Å²) in [4.78, 5) is 30.5. The van der Waals surface area contributed by atoms with Crippen LogP contribution in [-0.2, 0) is 4.79 Å². The molecule has 2 amide bonds. The van der Waals surface area contributed by atoms with E-state index in [0.29, 0.717) is 36.7 Å². The first-order chi connectivity index (χ1) is 14.2. The fourth-order valence-electron chi connectivity index (χ4n) is 4.32. The summed E-state index contributed by atoms with van der Waals surface area (Å²) in [7, 11) is 1.55. The Morgan fingerprint density at radius 2 is 1.90 bits per heavy atom. The number of anilines is 1. The van der Waals surface area contributed by atoms with Crippen LogP contribution < -0.4 is 14.4 Å². The summed E-state index contributed by atoms with van der Waals surface area (Å²) < 4.78 is 11.6. The molecule has 2 aromatic rings. The number of amides is 2. The molecule has 2 fully saturated rings. The third kappa shape index (κ3) is 3.22. The van der Waals surface area contributed by atoms with Gasteiger partial charge < -0.3 is 19.3 Å². The minimum Gasteiger partial charge on any atom is -0.496 e. The molecular weight excluding hydrogens is 368 g/mol. The largest absolute Gasteiger partial charge is 0.496 e. The van der Waals surface area contributed by atoms with E-state index in [4.69, 9.17) is 9.47 Å². The van der Waals surface area contributed by atoms with E-state index < -0.39 is 6.04 Å². The topological polar surface area (TPSA) is 59.1 Å². The van der Waals surface area contributed by atoms with Gasteiger partial charge in [-0.1, -0.05) is 24.3 Å². The second-order valence-electron chi connectivity index (χ2n) is 8.01. The monoisotopic (exact) mass is 392 g/mol. The van der Waals surface area contributed by atoms with Crippen LogP contribution in [-0.4, -0.2) is 49.1 Å². The van der Waals surface area contributed by atoms with Crippen molar-refractivity contribution in [3.05, 3.63) is 54.1 Å². The average molecular weight is 392 g/mol. The van der Waals surface area contributed by atoms with Crippen LogP contribution in [0.3, 0.4) is 0 Å². The molecule has 1 saturated heterocycles. The van der Waals surface area contributed by atoms with Crippen LogP contribution in [0.2, 0.25) is 0 Å². The summed E-state index contributed by atoms with van der Waals surface area (Å²) in [6.07, 6.45) is 2.59. The van der Waals surface area contributed by atoms with Gasteiger partial charge in [-0.2, -0.15) is 0 Å². The number of likely N-dealkylation sites (tertiary alicyclic amines) is 1. The predicted octanol–water partition coefficient (Wildman–Crippen LogP) is 3.11. The van der Waals surface area contributed by atoms with Crippen molar-refractivity contribution in [1.82, 2.24) is 4.90 Å². The van der Waals surface area contributed by atoms with Gasteiger partial charge in [0.1, 0.15) is 23.6 Å². The van der Waals surface area contributed by atoms with Gasteiger partial charge in [0, 0.05) is 13.0 Å². The van der Waals surface area contributed by atoms with Crippen LogP contribution >= 0.6 is 0 Å². The molecule has 2 bridgehead atoms. The number of para-hydroxylation sites is 3. The van der Waals surface area contributed by atoms with E-state index >= 15 is 0 Å². The number of rotatable bonds is 4. The van der Waals surface area contributed by atoms with E-state index in [-0.39, 0.29) is 17.9 Å². The van der Waals surface area contributed by atoms with Gasteiger partial charge >= 0.3 is 0 Å². The van der Waals surface area contributed by atoms with E-state index in [2.05, 4.69) is 0 Å². The highest BCUT2D eigenvalue weighted by molar-refractivity contribution is 6.04. The minimum absolute atomic E-state index is 0.0154. The number of fused-ring (bicyclic) bond motifs is 3. The number of carbonyl (C=O) groups is 2. The Morgan fingerprint density at radius 1 is 1.14 bits per heavy atom. The molecule has 0 aromatic heterocycles. The summed E-state index contributed by atoms with van der Waals surface area (Å²) in [5.74, 6) is 1.56. The number of ether oxygens (including phenoxy) is 2. The van der Waals surface area contributed by atoms with E-state index in [1.807, 2.05) is 41.3 Å². The summed E-state index contributed by atoms with van der Waals surface area (Å²) in [6, 6.07) is 14.3. The van der Waals surface area contributed by atoms with Crippen molar-refractivity contribution >= 4 is 17.5 Å². The lowest BCUT2D eigenvalue weighted by molar-refractivity contribution is -0.122. The number of carbonyl (C=O) groups excluding carboxylic acids is 2. The van der Waals surface area contributed by atoms with E-state index in [1.54, 1.807) is 24.1 Å². The zero-order valence-corrected chi connectivity index (χ0v) is 16.4. The molecular formula is C23H24N2O4. The van der Waals surface area contributed by atoms with Crippen molar-refractivity contribution < 1.29 is 19.1 Å². The second kappa shape index (κ2) is 7.10. The summed E-state index contributed by atoms with van der Waals surface area (Å²) in [5, 5.41) is 0. The van der Waals surface area contributed by atoms with Crippen molar-refractivity contribution in [3.8, 4) is 11.5 Å². The van der Waals surface area contributed by atoms with Crippen molar-refractivity contribution in [2.75, 3.05) is 25.1 Å². The van der Waals surface area contributed by atoms with E-state index in [1.165, 1.54) is 0 Å². The fourth-order valence-corrected chi connectivity index (χ4v) is 4.32. The van der Waals surface area contributed by atoms with Crippen molar-refractivity contribution in [2.24, 2.45) is 5.92 Å². The molecule has 5 rings (SSSR count). The Kier molecular flexibility index (Phi) is 4.42. The van der Waals surface area contributed by atoms with Gasteiger partial charge in [-0.15, -0.1) is 0 Å². The van der Waals surface area contributed by atoms with Gasteiger partial charge in [0.2, 0.25) is 5.91 Å². The van der Waals surface area contributed by atoms with E-state index in [0.717, 1.165) is 24.3 Å². The van der Waals surface area contributed by atoms with Gasteiger partial charge in [0.15, 0.2) is 0 Å². The lowest BCUT2D eigenvalue weighted by atomic mass is 10.1. The zero-order chi connectivity index (χ0) is 20.0. The Balaban J connectivity index is 1.51. The molecule has 2 unspecified atom stereocenters. The van der Waals surface area contributed by atoms with Crippen LogP contribution in [0, 0.1) is 5.92 Å². The predicted molar refractivity (Wildman–Crippen MR) is 108 cm³/mol. The van der Waals surface area contributed by atoms with Gasteiger partial charge in [-0.05, 0) is 43.0 Å². The molecule has 2 aromatic carbocycles. The number of hydrogen-bond acceptors (Lipinski definition) is 4. The van der Waals surface area contributed by atoms with Gasteiger partial charge in [0.25, 0.3) is 5.91 Å². The Morgan fingerprint density at radius 3 is 2.69 bits per heavy atom. The Labute approximate surface area is 170 Å². The number of benzene rings is 2. The molecule has 2 atom stereocenters.